The van der Waals surface area contributed by atoms with Crippen molar-refractivity contribution in [1.82, 2.24) is 20.1 Å². The Kier molecular flexibility index (Phi) is 4.39. The molecule has 0 saturated heterocycles. The third-order valence-electron chi connectivity index (χ3n) is 3.37. The summed E-state index contributed by atoms with van der Waals surface area (Å²) in [5.41, 5.74) is 3.27. The van der Waals surface area contributed by atoms with Crippen molar-refractivity contribution in [3.05, 3.63) is 71.1 Å². The SMILES string of the molecule is Cn1cc(-c2ccc(CNC(=O)c3cccc(Cl)c3)cn2)cn1. The van der Waals surface area contributed by atoms with Crippen LogP contribution in [0.3, 0.4) is 0 Å². The van der Waals surface area contributed by atoms with Crippen molar-refractivity contribution >= 4 is 17.5 Å². The second-order valence-corrected chi connectivity index (χ2v) is 5.58. The Morgan fingerprint density at radius 1 is 1.26 bits per heavy atom. The molecule has 6 heteroatoms. The number of benzene rings is 1. The van der Waals surface area contributed by atoms with E-state index in [1.54, 1.807) is 41.3 Å². The summed E-state index contributed by atoms with van der Waals surface area (Å²) in [6.07, 6.45) is 5.42. The number of aryl methyl sites for hydroxylation is 1. The van der Waals surface area contributed by atoms with Gasteiger partial charge in [-0.3, -0.25) is 14.5 Å². The zero-order valence-corrected chi connectivity index (χ0v) is 13.3. The van der Waals surface area contributed by atoms with Crippen LogP contribution in [0.5, 0.6) is 0 Å². The zero-order chi connectivity index (χ0) is 16.2. The Hall–Kier alpha value is -2.66. The second-order valence-electron chi connectivity index (χ2n) is 5.15. The number of halogens is 1. The number of hydrogen-bond acceptors (Lipinski definition) is 3. The molecule has 1 N–H and O–H groups in total. The summed E-state index contributed by atoms with van der Waals surface area (Å²) in [5.74, 6) is -0.163. The van der Waals surface area contributed by atoms with Gasteiger partial charge < -0.3 is 5.32 Å². The smallest absolute Gasteiger partial charge is 0.251 e. The molecule has 0 aliphatic carbocycles. The lowest BCUT2D eigenvalue weighted by atomic mass is 10.2. The van der Waals surface area contributed by atoms with Crippen LogP contribution in [0, 0.1) is 0 Å². The van der Waals surface area contributed by atoms with E-state index in [-0.39, 0.29) is 5.91 Å². The number of rotatable bonds is 4. The van der Waals surface area contributed by atoms with E-state index in [0.717, 1.165) is 16.8 Å². The molecule has 0 spiro atoms. The number of amides is 1. The molecule has 0 unspecified atom stereocenters. The van der Waals surface area contributed by atoms with E-state index in [4.69, 9.17) is 11.6 Å². The van der Waals surface area contributed by atoms with Gasteiger partial charge >= 0.3 is 0 Å². The van der Waals surface area contributed by atoms with Crippen molar-refractivity contribution in [2.75, 3.05) is 0 Å². The summed E-state index contributed by atoms with van der Waals surface area (Å²) in [7, 11) is 1.86. The van der Waals surface area contributed by atoms with E-state index in [9.17, 15) is 4.79 Å². The van der Waals surface area contributed by atoms with Crippen LogP contribution in [-0.4, -0.2) is 20.7 Å². The summed E-state index contributed by atoms with van der Waals surface area (Å²) in [6.45, 7) is 0.408. The Bertz CT molecular complexity index is 827. The van der Waals surface area contributed by atoms with E-state index >= 15 is 0 Å². The van der Waals surface area contributed by atoms with Crippen LogP contribution in [0.25, 0.3) is 11.3 Å². The largest absolute Gasteiger partial charge is 0.348 e. The summed E-state index contributed by atoms with van der Waals surface area (Å²) in [5, 5.41) is 7.52. The van der Waals surface area contributed by atoms with Crippen LogP contribution in [0.2, 0.25) is 5.02 Å². The van der Waals surface area contributed by atoms with Crippen LogP contribution < -0.4 is 5.32 Å². The van der Waals surface area contributed by atoms with E-state index in [1.807, 2.05) is 25.4 Å². The normalized spacial score (nSPS) is 10.5. The van der Waals surface area contributed by atoms with Crippen molar-refractivity contribution in [3.8, 4) is 11.3 Å². The maximum Gasteiger partial charge on any atom is 0.251 e. The average Bonchev–Trinajstić information content (AvgIpc) is 2.99. The number of nitrogens with one attached hydrogen (secondary N) is 1. The summed E-state index contributed by atoms with van der Waals surface area (Å²) >= 11 is 5.89. The maximum atomic E-state index is 12.1. The van der Waals surface area contributed by atoms with Crippen LogP contribution in [-0.2, 0) is 13.6 Å². The number of pyridine rings is 1. The van der Waals surface area contributed by atoms with Crippen LogP contribution in [0.15, 0.2) is 55.0 Å². The van der Waals surface area contributed by atoms with Gasteiger partial charge in [0.1, 0.15) is 0 Å². The fourth-order valence-electron chi connectivity index (χ4n) is 2.17. The molecule has 2 heterocycles. The van der Waals surface area contributed by atoms with Gasteiger partial charge in [0.15, 0.2) is 0 Å². The molecule has 0 aliphatic heterocycles. The maximum absolute atomic E-state index is 12.1. The van der Waals surface area contributed by atoms with Gasteiger partial charge in [-0.2, -0.15) is 5.10 Å². The van der Waals surface area contributed by atoms with Gasteiger partial charge in [-0.25, -0.2) is 0 Å². The molecule has 116 valence electrons. The molecule has 2 aromatic heterocycles. The zero-order valence-electron chi connectivity index (χ0n) is 12.5. The van der Waals surface area contributed by atoms with Crippen molar-refractivity contribution in [1.29, 1.82) is 0 Å². The number of nitrogens with zero attached hydrogens (tertiary/aromatic N) is 3. The minimum absolute atomic E-state index is 0.163. The van der Waals surface area contributed by atoms with Gasteiger partial charge in [0.25, 0.3) is 5.91 Å². The third-order valence-corrected chi connectivity index (χ3v) is 3.60. The fraction of sp³-hybridized carbons (Fsp3) is 0.118. The van der Waals surface area contributed by atoms with Crippen molar-refractivity contribution in [2.45, 2.75) is 6.54 Å². The first kappa shape index (κ1) is 15.2. The van der Waals surface area contributed by atoms with E-state index in [2.05, 4.69) is 15.4 Å². The van der Waals surface area contributed by atoms with Crippen LogP contribution in [0.4, 0.5) is 0 Å². The number of aromatic nitrogens is 3. The molecule has 3 aromatic rings. The molecule has 0 atom stereocenters. The summed E-state index contributed by atoms with van der Waals surface area (Å²) < 4.78 is 1.73. The van der Waals surface area contributed by atoms with Crippen molar-refractivity contribution < 1.29 is 4.79 Å². The molecule has 5 nitrogen and oxygen atoms in total. The molecule has 0 fully saturated rings. The summed E-state index contributed by atoms with van der Waals surface area (Å²) in [6, 6.07) is 10.7. The van der Waals surface area contributed by atoms with Gasteiger partial charge in [0.2, 0.25) is 0 Å². The molecular formula is C17H15ClN4O. The molecule has 0 saturated carbocycles. The van der Waals surface area contributed by atoms with Crippen molar-refractivity contribution in [2.24, 2.45) is 7.05 Å². The molecular weight excluding hydrogens is 312 g/mol. The molecule has 0 radical (unpaired) electrons. The number of hydrogen-bond donors (Lipinski definition) is 1. The first-order valence-electron chi connectivity index (χ1n) is 7.09. The second kappa shape index (κ2) is 6.62. The molecule has 23 heavy (non-hydrogen) atoms. The lowest BCUT2D eigenvalue weighted by Crippen LogP contribution is -2.22. The average molecular weight is 327 g/mol. The van der Waals surface area contributed by atoms with Gasteiger partial charge in [-0.15, -0.1) is 0 Å². The van der Waals surface area contributed by atoms with Gasteiger partial charge in [0, 0.05) is 42.1 Å². The fourth-order valence-corrected chi connectivity index (χ4v) is 2.36. The Morgan fingerprint density at radius 3 is 2.78 bits per heavy atom. The lowest BCUT2D eigenvalue weighted by molar-refractivity contribution is 0.0951. The number of carbonyl (C=O) groups is 1. The molecule has 0 bridgehead atoms. The van der Waals surface area contributed by atoms with Gasteiger partial charge in [-0.05, 0) is 29.8 Å². The van der Waals surface area contributed by atoms with Crippen LogP contribution >= 0.6 is 11.6 Å². The Morgan fingerprint density at radius 2 is 2.13 bits per heavy atom. The monoisotopic (exact) mass is 326 g/mol. The topological polar surface area (TPSA) is 59.8 Å². The highest BCUT2D eigenvalue weighted by Gasteiger charge is 2.06. The standard InChI is InChI=1S/C17H15ClN4O/c1-22-11-14(10-21-22)16-6-5-12(8-19-16)9-20-17(23)13-3-2-4-15(18)7-13/h2-8,10-11H,9H2,1H3,(H,20,23). The lowest BCUT2D eigenvalue weighted by Gasteiger charge is -2.06. The highest BCUT2D eigenvalue weighted by molar-refractivity contribution is 6.30. The predicted molar refractivity (Wildman–Crippen MR) is 89.1 cm³/mol. The van der Waals surface area contributed by atoms with E-state index < -0.39 is 0 Å². The highest BCUT2D eigenvalue weighted by Crippen LogP contribution is 2.15. The number of carbonyl (C=O) groups excluding carboxylic acids is 1. The first-order chi connectivity index (χ1) is 11.1. The van der Waals surface area contributed by atoms with E-state index in [1.165, 1.54) is 0 Å². The molecule has 1 aromatic carbocycles. The summed E-state index contributed by atoms with van der Waals surface area (Å²) in [4.78, 5) is 16.5. The van der Waals surface area contributed by atoms with Gasteiger partial charge in [0.05, 0.1) is 11.9 Å². The van der Waals surface area contributed by atoms with Crippen molar-refractivity contribution in [3.63, 3.8) is 0 Å². The predicted octanol–water partition coefficient (Wildman–Crippen LogP) is 3.07. The minimum atomic E-state index is -0.163. The molecule has 1 amide bonds. The quantitative estimate of drug-likeness (QED) is 0.801. The Labute approximate surface area is 138 Å². The van der Waals surface area contributed by atoms with E-state index in [0.29, 0.717) is 17.1 Å². The van der Waals surface area contributed by atoms with Crippen LogP contribution in [0.1, 0.15) is 15.9 Å². The highest BCUT2D eigenvalue weighted by atomic mass is 35.5. The minimum Gasteiger partial charge on any atom is -0.348 e. The van der Waals surface area contributed by atoms with Gasteiger partial charge in [-0.1, -0.05) is 23.7 Å². The molecule has 0 aliphatic rings. The Balaban J connectivity index is 1.63. The third kappa shape index (κ3) is 3.76. The first-order valence-corrected chi connectivity index (χ1v) is 7.47. The molecule has 3 rings (SSSR count).